The second-order valence-corrected chi connectivity index (χ2v) is 6.10. The van der Waals surface area contributed by atoms with Gasteiger partial charge in [-0.1, -0.05) is 12.1 Å². The lowest BCUT2D eigenvalue weighted by Gasteiger charge is -2.32. The van der Waals surface area contributed by atoms with Crippen molar-refractivity contribution in [1.29, 1.82) is 0 Å². The van der Waals surface area contributed by atoms with E-state index >= 15 is 0 Å². The summed E-state index contributed by atoms with van der Waals surface area (Å²) in [7, 11) is 0. The van der Waals surface area contributed by atoms with E-state index in [1.54, 1.807) is 6.07 Å². The SMILES string of the molecule is Nc1ncnc2c1c(Cc1cccc(F)c1)cn2C1CC(O)C1. The van der Waals surface area contributed by atoms with Gasteiger partial charge in [0.05, 0.1) is 11.5 Å². The van der Waals surface area contributed by atoms with Crippen molar-refractivity contribution in [3.8, 4) is 0 Å². The van der Waals surface area contributed by atoms with E-state index in [-0.39, 0.29) is 18.0 Å². The van der Waals surface area contributed by atoms with Gasteiger partial charge in [-0.3, -0.25) is 0 Å². The fourth-order valence-electron chi connectivity index (χ4n) is 3.25. The Hall–Kier alpha value is -2.47. The molecule has 0 saturated heterocycles. The van der Waals surface area contributed by atoms with Gasteiger partial charge < -0.3 is 15.4 Å². The van der Waals surface area contributed by atoms with E-state index < -0.39 is 0 Å². The molecule has 1 saturated carbocycles. The molecule has 0 unspecified atom stereocenters. The molecule has 0 aliphatic heterocycles. The Morgan fingerprint density at radius 2 is 2.13 bits per heavy atom. The summed E-state index contributed by atoms with van der Waals surface area (Å²) in [5, 5.41) is 10.4. The minimum atomic E-state index is -0.252. The van der Waals surface area contributed by atoms with Gasteiger partial charge in [0.2, 0.25) is 0 Å². The number of nitrogen functional groups attached to an aromatic ring is 1. The fourth-order valence-corrected chi connectivity index (χ4v) is 3.25. The first-order valence-corrected chi connectivity index (χ1v) is 7.64. The number of fused-ring (bicyclic) bond motifs is 1. The number of aliphatic hydroxyl groups is 1. The molecule has 3 N–H and O–H groups in total. The molecule has 0 atom stereocenters. The van der Waals surface area contributed by atoms with Crippen molar-refractivity contribution >= 4 is 16.9 Å². The lowest BCUT2D eigenvalue weighted by molar-refractivity contribution is 0.0501. The Kier molecular flexibility index (Phi) is 3.27. The molecular weight excluding hydrogens is 295 g/mol. The van der Waals surface area contributed by atoms with E-state index in [0.717, 1.165) is 22.2 Å². The minimum absolute atomic E-state index is 0.225. The summed E-state index contributed by atoms with van der Waals surface area (Å²) in [6.07, 6.45) is 5.21. The topological polar surface area (TPSA) is 77.0 Å². The molecule has 5 nitrogen and oxygen atoms in total. The van der Waals surface area contributed by atoms with Crippen LogP contribution in [-0.4, -0.2) is 25.7 Å². The predicted octanol–water partition coefficient (Wildman–Crippen LogP) is 2.44. The van der Waals surface area contributed by atoms with Crippen LogP contribution in [0, 0.1) is 5.82 Å². The number of nitrogens with zero attached hydrogens (tertiary/aromatic N) is 3. The molecule has 2 aromatic heterocycles. The molecule has 0 radical (unpaired) electrons. The van der Waals surface area contributed by atoms with Gasteiger partial charge in [0, 0.05) is 12.2 Å². The van der Waals surface area contributed by atoms with E-state index in [9.17, 15) is 9.50 Å². The van der Waals surface area contributed by atoms with Crippen LogP contribution in [0.3, 0.4) is 0 Å². The summed E-state index contributed by atoms with van der Waals surface area (Å²) < 4.78 is 15.5. The minimum Gasteiger partial charge on any atom is -0.393 e. The summed E-state index contributed by atoms with van der Waals surface area (Å²) in [5.41, 5.74) is 8.68. The van der Waals surface area contributed by atoms with Gasteiger partial charge in [-0.05, 0) is 42.5 Å². The lowest BCUT2D eigenvalue weighted by atomic mass is 9.89. The normalized spacial score (nSPS) is 20.6. The number of hydrogen-bond donors (Lipinski definition) is 2. The molecule has 0 amide bonds. The average Bonchev–Trinajstić information content (AvgIpc) is 2.84. The van der Waals surface area contributed by atoms with Crippen molar-refractivity contribution in [2.24, 2.45) is 0 Å². The Labute approximate surface area is 132 Å². The van der Waals surface area contributed by atoms with Crippen LogP contribution in [0.2, 0.25) is 0 Å². The molecule has 118 valence electrons. The van der Waals surface area contributed by atoms with Gasteiger partial charge in [-0.15, -0.1) is 0 Å². The zero-order chi connectivity index (χ0) is 16.0. The molecule has 2 heterocycles. The molecule has 1 fully saturated rings. The first-order chi connectivity index (χ1) is 11.1. The first kappa shape index (κ1) is 14.1. The number of halogens is 1. The van der Waals surface area contributed by atoms with Crippen molar-refractivity contribution < 1.29 is 9.50 Å². The molecule has 1 aromatic carbocycles. The number of rotatable bonds is 3. The van der Waals surface area contributed by atoms with Gasteiger partial charge in [0.25, 0.3) is 0 Å². The average molecular weight is 312 g/mol. The highest BCUT2D eigenvalue weighted by Crippen LogP contribution is 2.37. The van der Waals surface area contributed by atoms with Crippen molar-refractivity contribution in [2.75, 3.05) is 5.73 Å². The van der Waals surface area contributed by atoms with Crippen molar-refractivity contribution in [2.45, 2.75) is 31.4 Å². The maximum atomic E-state index is 13.4. The lowest BCUT2D eigenvalue weighted by Crippen LogP contribution is -2.30. The van der Waals surface area contributed by atoms with Gasteiger partial charge >= 0.3 is 0 Å². The molecule has 0 spiro atoms. The van der Waals surface area contributed by atoms with Gasteiger partial charge in [0.15, 0.2) is 0 Å². The largest absolute Gasteiger partial charge is 0.393 e. The number of benzene rings is 1. The predicted molar refractivity (Wildman–Crippen MR) is 85.4 cm³/mol. The maximum absolute atomic E-state index is 13.4. The molecule has 0 bridgehead atoms. The quantitative estimate of drug-likeness (QED) is 0.779. The second kappa shape index (κ2) is 5.31. The smallest absolute Gasteiger partial charge is 0.146 e. The second-order valence-electron chi connectivity index (χ2n) is 6.10. The Morgan fingerprint density at radius 1 is 1.30 bits per heavy atom. The number of aromatic nitrogens is 3. The van der Waals surface area contributed by atoms with Crippen LogP contribution in [0.1, 0.15) is 30.0 Å². The van der Waals surface area contributed by atoms with E-state index in [4.69, 9.17) is 5.73 Å². The highest BCUT2D eigenvalue weighted by Gasteiger charge is 2.30. The van der Waals surface area contributed by atoms with E-state index in [0.29, 0.717) is 25.1 Å². The van der Waals surface area contributed by atoms with Crippen LogP contribution < -0.4 is 5.73 Å². The molecule has 6 heteroatoms. The number of anilines is 1. The summed E-state index contributed by atoms with van der Waals surface area (Å²) in [5.74, 6) is 0.178. The van der Waals surface area contributed by atoms with Crippen molar-refractivity contribution in [3.63, 3.8) is 0 Å². The third kappa shape index (κ3) is 2.45. The van der Waals surface area contributed by atoms with Crippen molar-refractivity contribution in [3.05, 3.63) is 53.7 Å². The van der Waals surface area contributed by atoms with E-state index in [2.05, 4.69) is 14.5 Å². The maximum Gasteiger partial charge on any atom is 0.146 e. The van der Waals surface area contributed by atoms with E-state index in [1.807, 2.05) is 12.3 Å². The Morgan fingerprint density at radius 3 is 2.87 bits per heavy atom. The summed E-state index contributed by atoms with van der Waals surface area (Å²) in [4.78, 5) is 8.45. The molecule has 3 aromatic rings. The van der Waals surface area contributed by atoms with Gasteiger partial charge in [0.1, 0.15) is 23.6 Å². The number of aliphatic hydroxyl groups excluding tert-OH is 1. The standard InChI is InChI=1S/C17H17FN4O/c18-12-3-1-2-10(5-12)4-11-8-22(13-6-14(23)7-13)17-15(11)16(19)20-9-21-17/h1-3,5,8-9,13-14,23H,4,6-7H2,(H2,19,20,21). The third-order valence-corrected chi connectivity index (χ3v) is 4.48. The monoisotopic (exact) mass is 312 g/mol. The number of hydrogen-bond acceptors (Lipinski definition) is 4. The van der Waals surface area contributed by atoms with Crippen LogP contribution in [0.15, 0.2) is 36.8 Å². The highest BCUT2D eigenvalue weighted by atomic mass is 19.1. The zero-order valence-electron chi connectivity index (χ0n) is 12.5. The molecule has 4 rings (SSSR count). The summed E-state index contributed by atoms with van der Waals surface area (Å²) in [6.45, 7) is 0. The summed E-state index contributed by atoms with van der Waals surface area (Å²) in [6, 6.07) is 6.77. The fraction of sp³-hybridized carbons (Fsp3) is 0.294. The van der Waals surface area contributed by atoms with Crippen LogP contribution in [-0.2, 0) is 6.42 Å². The number of nitrogens with two attached hydrogens (primary N) is 1. The highest BCUT2D eigenvalue weighted by molar-refractivity contribution is 5.90. The third-order valence-electron chi connectivity index (χ3n) is 4.48. The Balaban J connectivity index is 1.79. The molecule has 1 aliphatic rings. The Bertz CT molecular complexity index is 870. The van der Waals surface area contributed by atoms with Crippen LogP contribution in [0.4, 0.5) is 10.2 Å². The van der Waals surface area contributed by atoms with E-state index in [1.165, 1.54) is 18.5 Å². The molecular formula is C17H17FN4O. The van der Waals surface area contributed by atoms with Crippen LogP contribution in [0.25, 0.3) is 11.0 Å². The zero-order valence-corrected chi connectivity index (χ0v) is 12.5. The van der Waals surface area contributed by atoms with Gasteiger partial charge in [-0.2, -0.15) is 0 Å². The van der Waals surface area contributed by atoms with Crippen LogP contribution in [0.5, 0.6) is 0 Å². The molecule has 1 aliphatic carbocycles. The van der Waals surface area contributed by atoms with Gasteiger partial charge in [-0.25, -0.2) is 14.4 Å². The first-order valence-electron chi connectivity index (χ1n) is 7.64. The van der Waals surface area contributed by atoms with Crippen LogP contribution >= 0.6 is 0 Å². The van der Waals surface area contributed by atoms with Crippen molar-refractivity contribution in [1.82, 2.24) is 14.5 Å². The summed E-state index contributed by atoms with van der Waals surface area (Å²) >= 11 is 0. The molecule has 23 heavy (non-hydrogen) atoms.